The maximum atomic E-state index is 13.2. The van der Waals surface area contributed by atoms with E-state index in [1.54, 1.807) is 6.08 Å². The van der Waals surface area contributed by atoms with Crippen molar-refractivity contribution < 1.29 is 89.4 Å². The van der Waals surface area contributed by atoms with Gasteiger partial charge in [-0.3, -0.25) is 4.79 Å². The van der Waals surface area contributed by atoms with E-state index in [1.807, 2.05) is 6.08 Å². The molecule has 0 spiro atoms. The fraction of sp³-hybridized carbons (Fsp3) is 0.788. The molecule has 0 aromatic carbocycles. The fourth-order valence-electron chi connectivity index (χ4n) is 8.37. The number of amides is 1. The van der Waals surface area contributed by atoms with Crippen LogP contribution in [0.3, 0.4) is 0 Å². The smallest absolute Gasteiger partial charge is 0.220 e. The molecule has 0 saturated carbocycles. The van der Waals surface area contributed by atoms with Crippen LogP contribution in [-0.4, -0.2) is 193 Å². The largest absolute Gasteiger partial charge is 0.394 e. The van der Waals surface area contributed by atoms with Gasteiger partial charge in [-0.25, -0.2) is 0 Å². The Morgan fingerprint density at radius 2 is 0.972 bits per heavy atom. The Balaban J connectivity index is 1.58. The normalized spacial score (nSPS) is 32.8. The number of hydrogen-bond donors (Lipinski definition) is 12. The van der Waals surface area contributed by atoms with Crippen molar-refractivity contribution in [2.24, 2.45) is 0 Å². The molecule has 19 nitrogen and oxygen atoms in total. The monoisotopic (exact) mass is 1020 g/mol. The number of aliphatic hydroxyl groups is 11. The lowest BCUT2D eigenvalue weighted by atomic mass is 9.96. The summed E-state index contributed by atoms with van der Waals surface area (Å²) in [6.45, 7) is 1.53. The van der Waals surface area contributed by atoms with Crippen molar-refractivity contribution in [3.63, 3.8) is 0 Å². The molecule has 0 aromatic rings. The van der Waals surface area contributed by atoms with Crippen LogP contribution in [0, 0.1) is 0 Å². The topological polar surface area (TPSA) is 307 Å². The highest BCUT2D eigenvalue weighted by Crippen LogP contribution is 2.33. The highest BCUT2D eigenvalue weighted by Gasteiger charge is 2.53. The average molecular weight is 1020 g/mol. The van der Waals surface area contributed by atoms with Gasteiger partial charge in [0.15, 0.2) is 18.9 Å². The number of allylic oxidation sites excluding steroid dienone is 9. The van der Waals surface area contributed by atoms with Gasteiger partial charge in [-0.2, -0.15) is 0 Å². The third-order valence-corrected chi connectivity index (χ3v) is 12.7. The molecule has 0 bridgehead atoms. The van der Waals surface area contributed by atoms with Crippen molar-refractivity contribution in [3.8, 4) is 0 Å². The lowest BCUT2D eigenvalue weighted by Gasteiger charge is -2.48. The Hall–Kier alpha value is -2.51. The van der Waals surface area contributed by atoms with Crippen LogP contribution in [0.15, 0.2) is 60.8 Å². The lowest BCUT2D eigenvalue weighted by molar-refractivity contribution is -0.379. The van der Waals surface area contributed by atoms with Crippen molar-refractivity contribution in [2.75, 3.05) is 26.4 Å². The molecule has 1 amide bonds. The van der Waals surface area contributed by atoms with E-state index >= 15 is 0 Å². The number of rotatable bonds is 35. The zero-order chi connectivity index (χ0) is 52.0. The first-order chi connectivity index (χ1) is 34.3. The van der Waals surface area contributed by atoms with Gasteiger partial charge < -0.3 is 89.9 Å². The zero-order valence-corrected chi connectivity index (χ0v) is 41.9. The molecule has 17 unspecified atom stereocenters. The Morgan fingerprint density at radius 1 is 0.507 bits per heavy atom. The second-order valence-corrected chi connectivity index (χ2v) is 18.6. The zero-order valence-electron chi connectivity index (χ0n) is 41.9. The number of carbonyl (C=O) groups is 1. The molecule has 3 heterocycles. The Kier molecular flexibility index (Phi) is 32.2. The molecule has 410 valence electrons. The predicted octanol–water partition coefficient (Wildman–Crippen LogP) is 2.14. The molecule has 19 heteroatoms. The van der Waals surface area contributed by atoms with Gasteiger partial charge in [0.05, 0.1) is 38.6 Å². The van der Waals surface area contributed by atoms with Gasteiger partial charge in [-0.15, -0.1) is 0 Å². The SMILES string of the molecule is CCC/C=C\C/C=C\CCCCCCCC(=O)NC(COC1OC(CO)C(OC2OC(CO)C(OC3OC(CO)C(O)C(O)C3O)C(O)C2O)C(O)C1O)C(O)/C=C/CC/C=C/CC/C=C/CCCCC. The van der Waals surface area contributed by atoms with Crippen LogP contribution in [0.1, 0.15) is 129 Å². The van der Waals surface area contributed by atoms with Gasteiger partial charge >= 0.3 is 0 Å². The molecule has 3 saturated heterocycles. The Morgan fingerprint density at radius 3 is 1.55 bits per heavy atom. The van der Waals surface area contributed by atoms with Crippen molar-refractivity contribution in [3.05, 3.63) is 60.8 Å². The minimum absolute atomic E-state index is 0.212. The minimum Gasteiger partial charge on any atom is -0.394 e. The van der Waals surface area contributed by atoms with Crippen LogP contribution < -0.4 is 5.32 Å². The fourth-order valence-corrected chi connectivity index (χ4v) is 8.37. The van der Waals surface area contributed by atoms with E-state index in [4.69, 9.17) is 28.4 Å². The quantitative estimate of drug-likeness (QED) is 0.0320. The van der Waals surface area contributed by atoms with Crippen molar-refractivity contribution in [1.29, 1.82) is 0 Å². The summed E-state index contributed by atoms with van der Waals surface area (Å²) < 4.78 is 34.1. The summed E-state index contributed by atoms with van der Waals surface area (Å²) in [6.07, 6.45) is 10.8. The molecule has 12 N–H and O–H groups in total. The number of nitrogens with one attached hydrogen (secondary N) is 1. The molecule has 0 radical (unpaired) electrons. The minimum atomic E-state index is -1.98. The Bertz CT molecular complexity index is 1540. The first-order valence-electron chi connectivity index (χ1n) is 26.0. The standard InChI is InChI=1S/C52H89NO18/c1-3-5-7-9-11-13-15-17-19-21-23-25-27-29-36(57)35(53-40(58)30-28-26-24-22-20-18-16-14-12-10-8-6-4-2)34-66-50-46(64)43(61)48(38(32-55)68-50)71-52-47(65)44(62)49(39(33-56)69-52)70-51-45(63)42(60)41(59)37(31-54)67-51/h8,10-11,13-14,16,19,21,27,29,35-39,41-52,54-57,59-65H,3-7,9,12,15,17-18,20,22-26,28,30-34H2,1-2H3,(H,53,58)/b10-8-,13-11+,16-14-,21-19+,29-27+. The second kappa shape index (κ2) is 36.4. The molecule has 0 aromatic heterocycles. The van der Waals surface area contributed by atoms with Crippen LogP contribution in [0.2, 0.25) is 0 Å². The number of aliphatic hydroxyl groups excluding tert-OH is 11. The van der Waals surface area contributed by atoms with E-state index in [1.165, 1.54) is 19.3 Å². The molecule has 0 aliphatic carbocycles. The molecular formula is C52H89NO18. The molecule has 17 atom stereocenters. The molecular weight excluding hydrogens is 927 g/mol. The van der Waals surface area contributed by atoms with Gasteiger partial charge in [-0.1, -0.05) is 113 Å². The average Bonchev–Trinajstić information content (AvgIpc) is 3.36. The summed E-state index contributed by atoms with van der Waals surface area (Å²) in [5, 5.41) is 120. The summed E-state index contributed by atoms with van der Waals surface area (Å²) in [5.74, 6) is -0.311. The van der Waals surface area contributed by atoms with Crippen LogP contribution in [-0.2, 0) is 33.2 Å². The summed E-state index contributed by atoms with van der Waals surface area (Å²) in [5.41, 5.74) is 0. The van der Waals surface area contributed by atoms with Crippen LogP contribution in [0.4, 0.5) is 0 Å². The maximum Gasteiger partial charge on any atom is 0.220 e. The van der Waals surface area contributed by atoms with Gasteiger partial charge in [0.2, 0.25) is 5.91 Å². The van der Waals surface area contributed by atoms with Gasteiger partial charge in [-0.05, 0) is 70.6 Å². The molecule has 3 rings (SSSR count). The van der Waals surface area contributed by atoms with Crippen molar-refractivity contribution in [1.82, 2.24) is 5.32 Å². The summed E-state index contributed by atoms with van der Waals surface area (Å²) in [6, 6.07) is -1.00. The van der Waals surface area contributed by atoms with E-state index in [2.05, 4.69) is 67.8 Å². The summed E-state index contributed by atoms with van der Waals surface area (Å²) in [7, 11) is 0. The van der Waals surface area contributed by atoms with E-state index < -0.39 is 124 Å². The Labute approximate surface area is 420 Å². The van der Waals surface area contributed by atoms with Crippen LogP contribution in [0.5, 0.6) is 0 Å². The third-order valence-electron chi connectivity index (χ3n) is 12.7. The first kappa shape index (κ1) is 62.8. The number of hydrogen-bond acceptors (Lipinski definition) is 18. The highest BCUT2D eigenvalue weighted by molar-refractivity contribution is 5.76. The maximum absolute atomic E-state index is 13.2. The second-order valence-electron chi connectivity index (χ2n) is 18.6. The van der Waals surface area contributed by atoms with Crippen LogP contribution in [0.25, 0.3) is 0 Å². The molecule has 3 aliphatic rings. The van der Waals surface area contributed by atoms with E-state index in [9.17, 15) is 61.0 Å². The first-order valence-corrected chi connectivity index (χ1v) is 26.0. The van der Waals surface area contributed by atoms with Gasteiger partial charge in [0.25, 0.3) is 0 Å². The van der Waals surface area contributed by atoms with E-state index in [-0.39, 0.29) is 18.9 Å². The molecule has 71 heavy (non-hydrogen) atoms. The lowest BCUT2D eigenvalue weighted by Crippen LogP contribution is -2.66. The van der Waals surface area contributed by atoms with Crippen LogP contribution >= 0.6 is 0 Å². The van der Waals surface area contributed by atoms with E-state index in [0.717, 1.165) is 77.0 Å². The van der Waals surface area contributed by atoms with Crippen molar-refractivity contribution in [2.45, 2.75) is 234 Å². The number of ether oxygens (including phenoxy) is 6. The van der Waals surface area contributed by atoms with E-state index in [0.29, 0.717) is 12.8 Å². The van der Waals surface area contributed by atoms with Crippen molar-refractivity contribution >= 4 is 5.91 Å². The molecule has 3 aliphatic heterocycles. The highest BCUT2D eigenvalue weighted by atomic mass is 16.8. The summed E-state index contributed by atoms with van der Waals surface area (Å²) >= 11 is 0. The third kappa shape index (κ3) is 22.1. The van der Waals surface area contributed by atoms with Gasteiger partial charge in [0, 0.05) is 6.42 Å². The number of carbonyl (C=O) groups excluding carboxylic acids is 1. The predicted molar refractivity (Wildman–Crippen MR) is 263 cm³/mol. The number of unbranched alkanes of at least 4 members (excludes halogenated alkanes) is 11. The summed E-state index contributed by atoms with van der Waals surface area (Å²) in [4.78, 5) is 13.2. The molecule has 3 fully saturated rings. The van der Waals surface area contributed by atoms with Gasteiger partial charge in [0.1, 0.15) is 73.2 Å².